The first kappa shape index (κ1) is 12.2. The average Bonchev–Trinajstić information content (AvgIpc) is 2.27. The zero-order chi connectivity index (χ0) is 11.8. The Balaban J connectivity index is 2.18. The molecule has 0 heterocycles. The largest absolute Gasteiger partial charge is 0.445 e. The number of ether oxygens (including phenoxy) is 1. The minimum atomic E-state index is -0.495. The normalized spacial score (nSPS) is 9.56. The highest BCUT2D eigenvalue weighted by molar-refractivity contribution is 5.76. The fraction of sp³-hybridized carbons (Fsp3) is 0.333. The topological polar surface area (TPSA) is 55.4 Å². The van der Waals surface area contributed by atoms with Gasteiger partial charge in [-0.05, 0) is 12.5 Å². The molecule has 0 fully saturated rings. The molecule has 1 N–H and O–H groups in total. The molecule has 0 bridgehead atoms. The van der Waals surface area contributed by atoms with Crippen LogP contribution in [0.3, 0.4) is 0 Å². The van der Waals surface area contributed by atoms with Crippen molar-refractivity contribution >= 4 is 11.9 Å². The third-order valence-electron chi connectivity index (χ3n) is 1.96. The number of Topliss-reactive ketones (excluding diaryl/α,β-unsaturated/α-hetero) is 1. The minimum absolute atomic E-state index is 0.0448. The summed E-state index contributed by atoms with van der Waals surface area (Å²) in [5.74, 6) is 0.0448. The van der Waals surface area contributed by atoms with Gasteiger partial charge in [-0.25, -0.2) is 4.79 Å². The van der Waals surface area contributed by atoms with Crippen molar-refractivity contribution in [3.63, 3.8) is 0 Å². The molecule has 1 aromatic carbocycles. The fourth-order valence-electron chi connectivity index (χ4n) is 1.11. The summed E-state index contributed by atoms with van der Waals surface area (Å²) < 4.78 is 4.95. The van der Waals surface area contributed by atoms with Crippen LogP contribution >= 0.6 is 0 Å². The first-order valence-corrected chi connectivity index (χ1v) is 5.12. The Kier molecular flexibility index (Phi) is 5.05. The van der Waals surface area contributed by atoms with Gasteiger partial charge in [-0.2, -0.15) is 0 Å². The summed E-state index contributed by atoms with van der Waals surface area (Å²) in [6.07, 6.45) is -0.162. The van der Waals surface area contributed by atoms with E-state index in [4.69, 9.17) is 4.74 Å². The number of hydrogen-bond acceptors (Lipinski definition) is 3. The van der Waals surface area contributed by atoms with Crippen molar-refractivity contribution in [3.05, 3.63) is 35.9 Å². The molecule has 16 heavy (non-hydrogen) atoms. The summed E-state index contributed by atoms with van der Waals surface area (Å²) in [6.45, 7) is 2.05. The lowest BCUT2D eigenvalue weighted by Crippen LogP contribution is -2.26. The van der Waals surface area contributed by atoms with Crippen LogP contribution in [0, 0.1) is 0 Å². The number of alkyl carbamates (subject to hydrolysis) is 1. The fourth-order valence-corrected chi connectivity index (χ4v) is 1.11. The highest BCUT2D eigenvalue weighted by Gasteiger charge is 2.02. The smallest absolute Gasteiger partial charge is 0.407 e. The van der Waals surface area contributed by atoms with Crippen LogP contribution in [0.2, 0.25) is 0 Å². The van der Waals surface area contributed by atoms with E-state index in [1.807, 2.05) is 30.3 Å². The molecule has 1 aromatic rings. The summed E-state index contributed by atoms with van der Waals surface area (Å²) >= 11 is 0. The van der Waals surface area contributed by atoms with E-state index in [2.05, 4.69) is 5.32 Å². The SMILES string of the molecule is CC(=O)CCNC(=O)OCc1ccccc1. The number of hydrogen-bond donors (Lipinski definition) is 1. The first-order chi connectivity index (χ1) is 7.68. The van der Waals surface area contributed by atoms with E-state index in [1.54, 1.807) is 0 Å². The van der Waals surface area contributed by atoms with Gasteiger partial charge in [-0.15, -0.1) is 0 Å². The molecule has 0 aliphatic carbocycles. The lowest BCUT2D eigenvalue weighted by atomic mass is 10.2. The molecule has 0 unspecified atom stereocenters. The summed E-state index contributed by atoms with van der Waals surface area (Å²) in [7, 11) is 0. The van der Waals surface area contributed by atoms with Crippen molar-refractivity contribution < 1.29 is 14.3 Å². The zero-order valence-corrected chi connectivity index (χ0v) is 9.23. The second kappa shape index (κ2) is 6.61. The second-order valence-corrected chi connectivity index (χ2v) is 3.44. The molecule has 0 aliphatic rings. The van der Waals surface area contributed by atoms with E-state index >= 15 is 0 Å². The standard InChI is InChI=1S/C12H15NO3/c1-10(14)7-8-13-12(15)16-9-11-5-3-2-4-6-11/h2-6H,7-9H2,1H3,(H,13,15). The van der Waals surface area contributed by atoms with Crippen molar-refractivity contribution in [2.24, 2.45) is 0 Å². The number of ketones is 1. The van der Waals surface area contributed by atoms with Crippen LogP contribution in [-0.2, 0) is 16.1 Å². The number of nitrogens with one attached hydrogen (secondary N) is 1. The molecule has 1 rings (SSSR count). The highest BCUT2D eigenvalue weighted by Crippen LogP contribution is 2.00. The van der Waals surface area contributed by atoms with Gasteiger partial charge in [0.05, 0.1) is 0 Å². The van der Waals surface area contributed by atoms with Gasteiger partial charge >= 0.3 is 6.09 Å². The number of benzene rings is 1. The van der Waals surface area contributed by atoms with Gasteiger partial charge in [0.2, 0.25) is 0 Å². The summed E-state index contributed by atoms with van der Waals surface area (Å²) in [6, 6.07) is 9.42. The predicted molar refractivity (Wildman–Crippen MR) is 59.9 cm³/mol. The molecule has 86 valence electrons. The number of rotatable bonds is 5. The molecular formula is C12H15NO3. The van der Waals surface area contributed by atoms with Crippen molar-refractivity contribution in [1.82, 2.24) is 5.32 Å². The van der Waals surface area contributed by atoms with Gasteiger partial charge in [-0.1, -0.05) is 30.3 Å². The van der Waals surface area contributed by atoms with E-state index in [0.717, 1.165) is 5.56 Å². The molecule has 4 nitrogen and oxygen atoms in total. The Morgan fingerprint density at radius 2 is 1.94 bits per heavy atom. The molecule has 4 heteroatoms. The maximum absolute atomic E-state index is 11.2. The maximum Gasteiger partial charge on any atom is 0.407 e. The van der Waals surface area contributed by atoms with Crippen LogP contribution in [-0.4, -0.2) is 18.4 Å². The Bertz CT molecular complexity index is 349. The Morgan fingerprint density at radius 1 is 1.25 bits per heavy atom. The quantitative estimate of drug-likeness (QED) is 0.826. The Morgan fingerprint density at radius 3 is 2.56 bits per heavy atom. The third kappa shape index (κ3) is 5.14. The second-order valence-electron chi connectivity index (χ2n) is 3.44. The average molecular weight is 221 g/mol. The molecule has 1 amide bonds. The molecule has 0 aromatic heterocycles. The van der Waals surface area contributed by atoms with Crippen molar-refractivity contribution in [2.45, 2.75) is 20.0 Å². The monoisotopic (exact) mass is 221 g/mol. The van der Waals surface area contributed by atoms with Gasteiger partial charge in [0, 0.05) is 13.0 Å². The molecule has 0 aliphatic heterocycles. The first-order valence-electron chi connectivity index (χ1n) is 5.12. The van der Waals surface area contributed by atoms with E-state index in [9.17, 15) is 9.59 Å². The van der Waals surface area contributed by atoms with Crippen molar-refractivity contribution in [1.29, 1.82) is 0 Å². The molecule has 0 saturated heterocycles. The molecule has 0 radical (unpaired) electrons. The molecular weight excluding hydrogens is 206 g/mol. The Labute approximate surface area is 94.6 Å². The van der Waals surface area contributed by atoms with Crippen molar-refractivity contribution in [3.8, 4) is 0 Å². The van der Waals surface area contributed by atoms with Gasteiger partial charge in [0.25, 0.3) is 0 Å². The predicted octanol–water partition coefficient (Wildman–Crippen LogP) is 1.89. The summed E-state index contributed by atoms with van der Waals surface area (Å²) in [4.78, 5) is 21.8. The third-order valence-corrected chi connectivity index (χ3v) is 1.96. The lowest BCUT2D eigenvalue weighted by Gasteiger charge is -2.05. The van der Waals surface area contributed by atoms with E-state index in [-0.39, 0.29) is 12.4 Å². The molecule has 0 spiro atoms. The Hall–Kier alpha value is -1.84. The molecule has 0 atom stereocenters. The van der Waals surface area contributed by atoms with Crippen LogP contribution in [0.15, 0.2) is 30.3 Å². The molecule has 0 saturated carbocycles. The highest BCUT2D eigenvalue weighted by atomic mass is 16.5. The van der Waals surface area contributed by atoms with Crippen LogP contribution in [0.5, 0.6) is 0 Å². The number of carbonyl (C=O) groups excluding carboxylic acids is 2. The zero-order valence-electron chi connectivity index (χ0n) is 9.23. The van der Waals surface area contributed by atoms with Crippen LogP contribution in [0.25, 0.3) is 0 Å². The summed E-state index contributed by atoms with van der Waals surface area (Å²) in [5, 5.41) is 2.50. The lowest BCUT2D eigenvalue weighted by molar-refractivity contribution is -0.116. The van der Waals surface area contributed by atoms with Crippen molar-refractivity contribution in [2.75, 3.05) is 6.54 Å². The van der Waals surface area contributed by atoms with E-state index in [0.29, 0.717) is 13.0 Å². The van der Waals surface area contributed by atoms with Crippen LogP contribution in [0.1, 0.15) is 18.9 Å². The summed E-state index contributed by atoms with van der Waals surface area (Å²) in [5.41, 5.74) is 0.934. The van der Waals surface area contributed by atoms with Gasteiger partial charge in [0.1, 0.15) is 12.4 Å². The van der Waals surface area contributed by atoms with E-state index in [1.165, 1.54) is 6.92 Å². The van der Waals surface area contributed by atoms with Crippen LogP contribution in [0.4, 0.5) is 4.79 Å². The van der Waals surface area contributed by atoms with Gasteiger partial charge < -0.3 is 10.1 Å². The minimum Gasteiger partial charge on any atom is -0.445 e. The number of amides is 1. The van der Waals surface area contributed by atoms with Gasteiger partial charge in [0.15, 0.2) is 0 Å². The number of carbonyl (C=O) groups is 2. The van der Waals surface area contributed by atoms with E-state index < -0.39 is 6.09 Å². The maximum atomic E-state index is 11.2. The van der Waals surface area contributed by atoms with Gasteiger partial charge in [-0.3, -0.25) is 4.79 Å². The van der Waals surface area contributed by atoms with Crippen LogP contribution < -0.4 is 5.32 Å².